The SMILES string of the molecule is CCCCCCCCOc1ccc(NC(=O)c2ccc(Oc3ccc(C(=O)Nc4ccc(OCCCCCCCC)cc4)cc3)cc2)cc1. The number of carbonyl (C=O) groups is 2. The zero-order valence-electron chi connectivity index (χ0n) is 29.2. The zero-order valence-corrected chi connectivity index (χ0v) is 29.2. The molecule has 0 saturated heterocycles. The first-order valence-corrected chi connectivity index (χ1v) is 18.0. The van der Waals surface area contributed by atoms with Gasteiger partial charge in [0.05, 0.1) is 13.2 Å². The van der Waals surface area contributed by atoms with E-state index in [1.54, 1.807) is 48.5 Å². The van der Waals surface area contributed by atoms with E-state index < -0.39 is 0 Å². The average Bonchev–Trinajstić information content (AvgIpc) is 3.13. The average molecular weight is 665 g/mol. The van der Waals surface area contributed by atoms with E-state index in [4.69, 9.17) is 14.2 Å². The van der Waals surface area contributed by atoms with E-state index in [1.807, 2.05) is 48.5 Å². The molecule has 0 unspecified atom stereocenters. The third kappa shape index (κ3) is 13.7. The number of benzene rings is 4. The van der Waals surface area contributed by atoms with Gasteiger partial charge in [-0.3, -0.25) is 9.59 Å². The molecule has 0 aromatic heterocycles. The van der Waals surface area contributed by atoms with Crippen molar-refractivity contribution in [2.75, 3.05) is 23.8 Å². The molecule has 0 saturated carbocycles. The number of ether oxygens (including phenoxy) is 3. The van der Waals surface area contributed by atoms with Crippen LogP contribution in [0.3, 0.4) is 0 Å². The second kappa shape index (κ2) is 21.2. The van der Waals surface area contributed by atoms with Gasteiger partial charge in [-0.25, -0.2) is 0 Å². The maximum absolute atomic E-state index is 12.8. The number of hydrogen-bond acceptors (Lipinski definition) is 5. The van der Waals surface area contributed by atoms with Crippen molar-refractivity contribution < 1.29 is 23.8 Å². The van der Waals surface area contributed by atoms with Crippen LogP contribution >= 0.6 is 0 Å². The zero-order chi connectivity index (χ0) is 34.5. The molecule has 0 heterocycles. The van der Waals surface area contributed by atoms with Gasteiger partial charge >= 0.3 is 0 Å². The Morgan fingerprint density at radius 2 is 0.755 bits per heavy atom. The van der Waals surface area contributed by atoms with Gasteiger partial charge in [-0.05, 0) is 110 Å². The molecule has 7 nitrogen and oxygen atoms in total. The van der Waals surface area contributed by atoms with Crippen molar-refractivity contribution in [3.8, 4) is 23.0 Å². The van der Waals surface area contributed by atoms with Crippen molar-refractivity contribution in [3.05, 3.63) is 108 Å². The van der Waals surface area contributed by atoms with E-state index in [0.717, 1.165) is 24.3 Å². The summed E-state index contributed by atoms with van der Waals surface area (Å²) >= 11 is 0. The lowest BCUT2D eigenvalue weighted by Crippen LogP contribution is -2.11. The molecule has 0 aliphatic heterocycles. The molecule has 0 atom stereocenters. The third-order valence-electron chi connectivity index (χ3n) is 8.23. The van der Waals surface area contributed by atoms with Gasteiger partial charge in [-0.1, -0.05) is 78.1 Å². The van der Waals surface area contributed by atoms with Gasteiger partial charge in [0.15, 0.2) is 0 Å². The summed E-state index contributed by atoms with van der Waals surface area (Å²) in [5.74, 6) is 2.35. The monoisotopic (exact) mass is 664 g/mol. The Labute approximate surface area is 292 Å². The number of unbranched alkanes of at least 4 members (excludes halogenated alkanes) is 10. The summed E-state index contributed by atoms with van der Waals surface area (Å²) in [6.07, 6.45) is 14.7. The highest BCUT2D eigenvalue weighted by atomic mass is 16.5. The number of rotatable bonds is 22. The maximum Gasteiger partial charge on any atom is 0.255 e. The van der Waals surface area contributed by atoms with E-state index in [9.17, 15) is 9.59 Å². The van der Waals surface area contributed by atoms with Crippen LogP contribution in [0.4, 0.5) is 11.4 Å². The second-order valence-corrected chi connectivity index (χ2v) is 12.3. The smallest absolute Gasteiger partial charge is 0.255 e. The van der Waals surface area contributed by atoms with Crippen molar-refractivity contribution in [1.29, 1.82) is 0 Å². The summed E-state index contributed by atoms with van der Waals surface area (Å²) in [6.45, 7) is 5.86. The first-order chi connectivity index (χ1) is 24.0. The van der Waals surface area contributed by atoms with Crippen molar-refractivity contribution in [2.24, 2.45) is 0 Å². The molecule has 4 aromatic carbocycles. The standard InChI is InChI=1S/C42H52N2O5/c1-3-5-7-9-11-13-31-47-37-27-19-35(20-28-37)43-41(45)33-15-23-39(24-16-33)49-40-25-17-34(18-26-40)42(46)44-36-21-29-38(30-22-36)48-32-14-12-10-8-6-4-2/h15-30H,3-14,31-32H2,1-2H3,(H,43,45)(H,44,46). The number of hydrogen-bond donors (Lipinski definition) is 2. The molecule has 4 rings (SSSR count). The van der Waals surface area contributed by atoms with E-state index in [1.165, 1.54) is 64.2 Å². The predicted molar refractivity (Wildman–Crippen MR) is 199 cm³/mol. The summed E-state index contributed by atoms with van der Waals surface area (Å²) in [7, 11) is 0. The fourth-order valence-corrected chi connectivity index (χ4v) is 5.31. The highest BCUT2D eigenvalue weighted by molar-refractivity contribution is 6.05. The Balaban J connectivity index is 1.16. The molecule has 0 radical (unpaired) electrons. The van der Waals surface area contributed by atoms with E-state index in [-0.39, 0.29) is 11.8 Å². The van der Waals surface area contributed by atoms with Gasteiger partial charge in [0.1, 0.15) is 23.0 Å². The largest absolute Gasteiger partial charge is 0.494 e. The van der Waals surface area contributed by atoms with Crippen molar-refractivity contribution >= 4 is 23.2 Å². The molecular formula is C42H52N2O5. The van der Waals surface area contributed by atoms with Crippen LogP contribution in [0.5, 0.6) is 23.0 Å². The van der Waals surface area contributed by atoms with E-state index in [2.05, 4.69) is 24.5 Å². The summed E-state index contributed by atoms with van der Waals surface area (Å²) in [5, 5.41) is 5.85. The maximum atomic E-state index is 12.8. The van der Waals surface area contributed by atoms with Gasteiger partial charge in [-0.2, -0.15) is 0 Å². The minimum atomic E-state index is -0.210. The minimum Gasteiger partial charge on any atom is -0.494 e. The molecule has 49 heavy (non-hydrogen) atoms. The molecule has 7 heteroatoms. The van der Waals surface area contributed by atoms with Crippen molar-refractivity contribution in [1.82, 2.24) is 0 Å². The lowest BCUT2D eigenvalue weighted by Gasteiger charge is -2.10. The lowest BCUT2D eigenvalue weighted by atomic mass is 10.1. The van der Waals surface area contributed by atoms with Crippen molar-refractivity contribution in [2.45, 2.75) is 90.9 Å². The van der Waals surface area contributed by atoms with E-state index >= 15 is 0 Å². The van der Waals surface area contributed by atoms with Crippen LogP contribution < -0.4 is 24.8 Å². The van der Waals surface area contributed by atoms with Gasteiger partial charge < -0.3 is 24.8 Å². The molecule has 0 bridgehead atoms. The molecule has 0 fully saturated rings. The first-order valence-electron chi connectivity index (χ1n) is 18.0. The van der Waals surface area contributed by atoms with Gasteiger partial charge in [0, 0.05) is 22.5 Å². The third-order valence-corrected chi connectivity index (χ3v) is 8.23. The summed E-state index contributed by atoms with van der Waals surface area (Å²) in [6, 6.07) is 28.8. The van der Waals surface area contributed by atoms with Gasteiger partial charge in [0.25, 0.3) is 11.8 Å². The van der Waals surface area contributed by atoms with Crippen LogP contribution in [-0.4, -0.2) is 25.0 Å². The Hall–Kier alpha value is -4.78. The van der Waals surface area contributed by atoms with E-state index in [0.29, 0.717) is 47.2 Å². The fraction of sp³-hybridized carbons (Fsp3) is 0.381. The Morgan fingerprint density at radius 3 is 1.12 bits per heavy atom. The van der Waals surface area contributed by atoms with Crippen LogP contribution in [0.1, 0.15) is 112 Å². The fourth-order valence-electron chi connectivity index (χ4n) is 5.31. The van der Waals surface area contributed by atoms with Gasteiger partial charge in [-0.15, -0.1) is 0 Å². The highest BCUT2D eigenvalue weighted by Crippen LogP contribution is 2.24. The minimum absolute atomic E-state index is 0.210. The molecule has 260 valence electrons. The predicted octanol–water partition coefficient (Wildman–Crippen LogP) is 11.5. The topological polar surface area (TPSA) is 85.9 Å². The van der Waals surface area contributed by atoms with Crippen LogP contribution in [0.25, 0.3) is 0 Å². The Morgan fingerprint density at radius 1 is 0.429 bits per heavy atom. The Kier molecular flexibility index (Phi) is 16.1. The lowest BCUT2D eigenvalue weighted by molar-refractivity contribution is 0.101. The number of amides is 2. The molecule has 4 aromatic rings. The first kappa shape index (κ1) is 37.0. The summed E-state index contributed by atoms with van der Waals surface area (Å²) < 4.78 is 17.6. The van der Waals surface area contributed by atoms with Crippen LogP contribution in [0, 0.1) is 0 Å². The quantitative estimate of drug-likeness (QED) is 0.0817. The van der Waals surface area contributed by atoms with Crippen molar-refractivity contribution in [3.63, 3.8) is 0 Å². The van der Waals surface area contributed by atoms with Crippen LogP contribution in [-0.2, 0) is 0 Å². The molecule has 0 spiro atoms. The number of carbonyl (C=O) groups excluding carboxylic acids is 2. The summed E-state index contributed by atoms with van der Waals surface area (Å²) in [5.41, 5.74) is 2.43. The van der Waals surface area contributed by atoms with Gasteiger partial charge in [0.2, 0.25) is 0 Å². The Bertz CT molecular complexity index is 1400. The molecule has 2 N–H and O–H groups in total. The van der Waals surface area contributed by atoms with Crippen LogP contribution in [0.2, 0.25) is 0 Å². The number of nitrogens with one attached hydrogen (secondary N) is 2. The molecule has 2 amide bonds. The molecule has 0 aliphatic carbocycles. The summed E-state index contributed by atoms with van der Waals surface area (Å²) in [4.78, 5) is 25.6. The second-order valence-electron chi connectivity index (χ2n) is 12.3. The molecule has 0 aliphatic rings. The normalized spacial score (nSPS) is 10.7. The number of anilines is 2. The highest BCUT2D eigenvalue weighted by Gasteiger charge is 2.10. The van der Waals surface area contributed by atoms with Crippen LogP contribution in [0.15, 0.2) is 97.1 Å². The molecular weight excluding hydrogens is 612 g/mol.